The topological polar surface area (TPSA) is 110 Å². The molecule has 1 aliphatic rings. The molecule has 5 rings (SSSR count). The number of fused-ring (bicyclic) bond motifs is 1. The average Bonchev–Trinajstić information content (AvgIpc) is 3.31. The fraction of sp³-hybridized carbons (Fsp3) is 0.214. The molecule has 180 valence electrons. The summed E-state index contributed by atoms with van der Waals surface area (Å²) in [6.07, 6.45) is 6.79. The summed E-state index contributed by atoms with van der Waals surface area (Å²) < 4.78 is 8.03. The Labute approximate surface area is 209 Å². The highest BCUT2D eigenvalue weighted by molar-refractivity contribution is 6.01. The number of ether oxygens (including phenoxy) is 1. The van der Waals surface area contributed by atoms with Crippen molar-refractivity contribution < 1.29 is 9.53 Å². The molecule has 8 heteroatoms. The molecule has 3 heterocycles. The summed E-state index contributed by atoms with van der Waals surface area (Å²) in [5.41, 5.74) is 9.10. The minimum Gasteiger partial charge on any atom is -0.457 e. The van der Waals surface area contributed by atoms with Crippen molar-refractivity contribution in [2.45, 2.75) is 25.8 Å². The molecule has 1 atom stereocenters. The van der Waals surface area contributed by atoms with Gasteiger partial charge in [-0.25, -0.2) is 9.97 Å². The highest BCUT2D eigenvalue weighted by atomic mass is 16.5. The zero-order valence-corrected chi connectivity index (χ0v) is 20.0. The molecule has 0 aliphatic carbocycles. The molecule has 2 aromatic carbocycles. The first-order chi connectivity index (χ1) is 17.6. The smallest absolute Gasteiger partial charge is 0.264 e. The van der Waals surface area contributed by atoms with Gasteiger partial charge in [0, 0.05) is 24.8 Å². The van der Waals surface area contributed by atoms with E-state index in [-0.39, 0.29) is 17.5 Å². The summed E-state index contributed by atoms with van der Waals surface area (Å²) >= 11 is 0. The normalized spacial score (nSPS) is 16.1. The second-order valence-corrected chi connectivity index (χ2v) is 8.71. The molecule has 0 saturated carbocycles. The Morgan fingerprint density at radius 2 is 1.89 bits per heavy atom. The number of likely N-dealkylation sites (tertiary alicyclic amines) is 1. The lowest BCUT2D eigenvalue weighted by molar-refractivity contribution is -0.128. The molecule has 1 fully saturated rings. The molecule has 2 aromatic heterocycles. The number of para-hydroxylation sites is 1. The Balaban J connectivity index is 1.48. The van der Waals surface area contributed by atoms with Crippen LogP contribution in [0.15, 0.2) is 78.8 Å². The van der Waals surface area contributed by atoms with E-state index in [9.17, 15) is 10.1 Å². The van der Waals surface area contributed by atoms with E-state index in [2.05, 4.69) is 14.5 Å². The van der Waals surface area contributed by atoms with Gasteiger partial charge < -0.3 is 19.9 Å². The number of allylic oxidation sites excluding steroid dienone is 1. The molecule has 8 nitrogen and oxygen atoms in total. The maximum absolute atomic E-state index is 12.8. The molecular formula is C28H26N6O2. The standard InChI is InChI=1S/C28H26N6O2/c1-2-19(15-29)28(35)33-14-6-7-21(16-33)34-17-24(25-26(30)31-18-32-27(25)34)20-10-12-23(13-11-20)36-22-8-4-3-5-9-22/h2-5,8-13,17-18,21H,6-7,14,16H2,1H3,(H2,30,31,32)/b19-2-/t21-/m1/s1. The van der Waals surface area contributed by atoms with Gasteiger partial charge in [0.1, 0.15) is 40.9 Å². The molecule has 4 aromatic rings. The van der Waals surface area contributed by atoms with Gasteiger partial charge in [-0.2, -0.15) is 5.26 Å². The van der Waals surface area contributed by atoms with Gasteiger partial charge in [-0.1, -0.05) is 36.4 Å². The third kappa shape index (κ3) is 4.39. The number of hydrogen-bond acceptors (Lipinski definition) is 6. The Morgan fingerprint density at radius 1 is 1.14 bits per heavy atom. The molecule has 36 heavy (non-hydrogen) atoms. The molecule has 1 amide bonds. The van der Waals surface area contributed by atoms with Crippen LogP contribution in [0, 0.1) is 11.3 Å². The van der Waals surface area contributed by atoms with Crippen LogP contribution in [0.25, 0.3) is 22.2 Å². The Kier molecular flexibility index (Phi) is 6.37. The van der Waals surface area contributed by atoms with Gasteiger partial charge in [-0.05, 0) is 49.6 Å². The van der Waals surface area contributed by atoms with Gasteiger partial charge in [0.15, 0.2) is 0 Å². The molecule has 0 spiro atoms. The lowest BCUT2D eigenvalue weighted by Crippen LogP contribution is -2.41. The van der Waals surface area contributed by atoms with Crippen LogP contribution in [0.5, 0.6) is 11.5 Å². The van der Waals surface area contributed by atoms with Crippen molar-refractivity contribution in [3.8, 4) is 28.7 Å². The van der Waals surface area contributed by atoms with E-state index >= 15 is 0 Å². The van der Waals surface area contributed by atoms with Gasteiger partial charge >= 0.3 is 0 Å². The van der Waals surface area contributed by atoms with Gasteiger partial charge in [0.25, 0.3) is 5.91 Å². The SMILES string of the molecule is C/C=C(/C#N)C(=O)N1CCC[C@@H](n2cc(-c3ccc(Oc4ccccc4)cc3)c3c(N)ncnc32)C1. The zero-order valence-electron chi connectivity index (χ0n) is 20.0. The lowest BCUT2D eigenvalue weighted by atomic mass is 10.0. The molecule has 1 saturated heterocycles. The number of piperidine rings is 1. The minimum absolute atomic E-state index is 0.00531. The molecule has 2 N–H and O–H groups in total. The molecule has 0 bridgehead atoms. The van der Waals surface area contributed by atoms with E-state index in [1.54, 1.807) is 17.9 Å². The summed E-state index contributed by atoms with van der Waals surface area (Å²) in [4.78, 5) is 23.3. The van der Waals surface area contributed by atoms with Gasteiger partial charge in [-0.15, -0.1) is 0 Å². The van der Waals surface area contributed by atoms with Crippen molar-refractivity contribution in [1.29, 1.82) is 5.26 Å². The lowest BCUT2D eigenvalue weighted by Gasteiger charge is -2.33. The summed E-state index contributed by atoms with van der Waals surface area (Å²) in [6.45, 7) is 2.83. The zero-order chi connectivity index (χ0) is 25.1. The Hall–Kier alpha value is -4.64. The first kappa shape index (κ1) is 23.1. The van der Waals surface area contributed by atoms with Crippen LogP contribution in [0.2, 0.25) is 0 Å². The number of nitrogen functional groups attached to an aromatic ring is 1. The minimum atomic E-state index is -0.232. The van der Waals surface area contributed by atoms with Crippen LogP contribution in [0.3, 0.4) is 0 Å². The number of carbonyl (C=O) groups is 1. The van der Waals surface area contributed by atoms with Crippen molar-refractivity contribution >= 4 is 22.8 Å². The second-order valence-electron chi connectivity index (χ2n) is 8.71. The number of nitrogens with two attached hydrogens (primary N) is 1. The van der Waals surface area contributed by atoms with Crippen LogP contribution in [0.1, 0.15) is 25.8 Å². The summed E-state index contributed by atoms with van der Waals surface area (Å²) in [5.74, 6) is 1.68. The van der Waals surface area contributed by atoms with Crippen molar-refractivity contribution in [3.63, 3.8) is 0 Å². The van der Waals surface area contributed by atoms with Crippen LogP contribution in [0.4, 0.5) is 5.82 Å². The van der Waals surface area contributed by atoms with Gasteiger partial charge in [0.2, 0.25) is 0 Å². The summed E-state index contributed by atoms with van der Waals surface area (Å²) in [7, 11) is 0. The third-order valence-electron chi connectivity index (χ3n) is 6.50. The van der Waals surface area contributed by atoms with Gasteiger partial charge in [-0.3, -0.25) is 4.79 Å². The second kappa shape index (κ2) is 9.92. The molecular weight excluding hydrogens is 452 g/mol. The number of aromatic nitrogens is 3. The van der Waals surface area contributed by atoms with Gasteiger partial charge in [0.05, 0.1) is 11.4 Å². The number of hydrogen-bond donors (Lipinski definition) is 1. The van der Waals surface area contributed by atoms with E-state index in [0.717, 1.165) is 46.5 Å². The number of nitrogens with zero attached hydrogens (tertiary/aromatic N) is 5. The van der Waals surface area contributed by atoms with Crippen molar-refractivity contribution in [2.24, 2.45) is 0 Å². The van der Waals surface area contributed by atoms with Crippen molar-refractivity contribution in [3.05, 3.63) is 78.8 Å². The van der Waals surface area contributed by atoms with Crippen LogP contribution in [-0.4, -0.2) is 38.4 Å². The Bertz CT molecular complexity index is 1470. The quantitative estimate of drug-likeness (QED) is 0.315. The highest BCUT2D eigenvalue weighted by Crippen LogP contribution is 2.37. The number of carbonyl (C=O) groups excluding carboxylic acids is 1. The largest absolute Gasteiger partial charge is 0.457 e. The van der Waals surface area contributed by atoms with Crippen molar-refractivity contribution in [2.75, 3.05) is 18.8 Å². The third-order valence-corrected chi connectivity index (χ3v) is 6.50. The van der Waals surface area contributed by atoms with E-state index < -0.39 is 0 Å². The average molecular weight is 479 g/mol. The van der Waals surface area contributed by atoms with E-state index in [1.165, 1.54) is 6.33 Å². The summed E-state index contributed by atoms with van der Waals surface area (Å²) in [5, 5.41) is 10.1. The van der Waals surface area contributed by atoms with E-state index in [1.807, 2.05) is 66.9 Å². The maximum atomic E-state index is 12.8. The summed E-state index contributed by atoms with van der Waals surface area (Å²) in [6, 6.07) is 19.5. The van der Waals surface area contributed by atoms with Crippen LogP contribution in [-0.2, 0) is 4.79 Å². The molecule has 0 radical (unpaired) electrons. The monoisotopic (exact) mass is 478 g/mol. The fourth-order valence-electron chi connectivity index (χ4n) is 4.71. The first-order valence-corrected chi connectivity index (χ1v) is 11.9. The van der Waals surface area contributed by atoms with E-state index in [0.29, 0.717) is 18.9 Å². The first-order valence-electron chi connectivity index (χ1n) is 11.9. The predicted octanol–water partition coefficient (Wildman–Crippen LogP) is 5.11. The number of anilines is 1. The van der Waals surface area contributed by atoms with Crippen LogP contribution >= 0.6 is 0 Å². The molecule has 0 unspecified atom stereocenters. The maximum Gasteiger partial charge on any atom is 0.264 e. The highest BCUT2D eigenvalue weighted by Gasteiger charge is 2.28. The fourth-order valence-corrected chi connectivity index (χ4v) is 4.71. The molecule has 1 aliphatic heterocycles. The Morgan fingerprint density at radius 3 is 2.61 bits per heavy atom. The van der Waals surface area contributed by atoms with Crippen molar-refractivity contribution in [1.82, 2.24) is 19.4 Å². The number of amides is 1. The van der Waals surface area contributed by atoms with Crippen LogP contribution < -0.4 is 10.5 Å². The number of benzene rings is 2. The predicted molar refractivity (Wildman–Crippen MR) is 138 cm³/mol. The number of rotatable bonds is 5. The number of nitriles is 1. The van der Waals surface area contributed by atoms with E-state index in [4.69, 9.17) is 10.5 Å².